The Morgan fingerprint density at radius 1 is 1.45 bits per heavy atom. The van der Waals surface area contributed by atoms with Gasteiger partial charge in [-0.3, -0.25) is 9.69 Å². The first-order valence-corrected chi connectivity index (χ1v) is 8.27. The molecule has 1 aliphatic rings. The second kappa shape index (κ2) is 7.42. The zero-order valence-electron chi connectivity index (χ0n) is 13.1. The van der Waals surface area contributed by atoms with Gasteiger partial charge >= 0.3 is 5.97 Å². The Labute approximate surface area is 136 Å². The zero-order chi connectivity index (χ0) is 16.3. The summed E-state index contributed by atoms with van der Waals surface area (Å²) in [5, 5.41) is 9.81. The van der Waals surface area contributed by atoms with Crippen LogP contribution in [0.25, 0.3) is 0 Å². The third-order valence-corrected chi connectivity index (χ3v) is 5.16. The average Bonchev–Trinajstić information content (AvgIpc) is 2.92. The Morgan fingerprint density at radius 2 is 2.14 bits per heavy atom. The maximum atomic E-state index is 13.2. The van der Waals surface area contributed by atoms with E-state index in [1.807, 2.05) is 4.90 Å². The van der Waals surface area contributed by atoms with Gasteiger partial charge < -0.3 is 5.11 Å². The van der Waals surface area contributed by atoms with E-state index in [0.29, 0.717) is 17.4 Å². The van der Waals surface area contributed by atoms with Crippen LogP contribution in [-0.4, -0.2) is 29.1 Å². The first-order chi connectivity index (χ1) is 10.5. The van der Waals surface area contributed by atoms with Crippen LogP contribution in [0.3, 0.4) is 0 Å². The van der Waals surface area contributed by atoms with Gasteiger partial charge in [-0.1, -0.05) is 44.4 Å². The molecule has 0 aromatic heterocycles. The predicted molar refractivity (Wildman–Crippen MR) is 85.5 cm³/mol. The van der Waals surface area contributed by atoms with Crippen molar-refractivity contribution in [2.45, 2.75) is 39.2 Å². The number of carboxylic acid groups (broad SMARTS) is 1. The summed E-state index contributed by atoms with van der Waals surface area (Å²) in [6.07, 6.45) is 3.24. The Bertz CT molecular complexity index is 533. The lowest BCUT2D eigenvalue weighted by Crippen LogP contribution is -2.33. The second-order valence-electron chi connectivity index (χ2n) is 6.03. The van der Waals surface area contributed by atoms with Gasteiger partial charge in [-0.2, -0.15) is 0 Å². The van der Waals surface area contributed by atoms with Crippen LogP contribution in [0.2, 0.25) is 5.02 Å². The lowest BCUT2D eigenvalue weighted by molar-refractivity contribution is -0.143. The minimum absolute atomic E-state index is 0.179. The first kappa shape index (κ1) is 17.2. The Morgan fingerprint density at radius 3 is 2.68 bits per heavy atom. The fourth-order valence-electron chi connectivity index (χ4n) is 3.60. The van der Waals surface area contributed by atoms with Crippen LogP contribution in [0.15, 0.2) is 18.2 Å². The van der Waals surface area contributed by atoms with Gasteiger partial charge in [0.15, 0.2) is 0 Å². The molecular weight excluding hydrogens is 305 g/mol. The van der Waals surface area contributed by atoms with Crippen molar-refractivity contribution in [3.63, 3.8) is 0 Å². The largest absolute Gasteiger partial charge is 0.480 e. The van der Waals surface area contributed by atoms with Gasteiger partial charge in [0.25, 0.3) is 0 Å². The number of aliphatic carboxylic acids is 1. The third kappa shape index (κ3) is 3.61. The van der Waals surface area contributed by atoms with Gasteiger partial charge in [-0.05, 0) is 42.5 Å². The van der Waals surface area contributed by atoms with Crippen LogP contribution < -0.4 is 0 Å². The summed E-state index contributed by atoms with van der Waals surface area (Å²) in [6.45, 7) is 5.87. The molecule has 2 unspecified atom stereocenters. The molecule has 1 aromatic rings. The van der Waals surface area contributed by atoms with E-state index in [1.54, 1.807) is 0 Å². The van der Waals surface area contributed by atoms with Crippen molar-refractivity contribution < 1.29 is 14.3 Å². The number of hydrogen-bond acceptors (Lipinski definition) is 2. The predicted octanol–water partition coefficient (Wildman–Crippen LogP) is 4.36. The molecule has 1 fully saturated rings. The van der Waals surface area contributed by atoms with E-state index in [2.05, 4.69) is 13.8 Å². The molecule has 1 aromatic carbocycles. The van der Waals surface area contributed by atoms with Crippen LogP contribution in [0.1, 0.15) is 44.7 Å². The highest BCUT2D eigenvalue weighted by Crippen LogP contribution is 2.36. The third-order valence-electron chi connectivity index (χ3n) is 4.83. The number of carboxylic acids is 1. The van der Waals surface area contributed by atoms with Gasteiger partial charge in [-0.15, -0.1) is 0 Å². The normalized spacial score (nSPS) is 20.5. The van der Waals surface area contributed by atoms with Gasteiger partial charge in [0.05, 0.1) is 0 Å². The maximum absolute atomic E-state index is 13.2. The maximum Gasteiger partial charge on any atom is 0.325 e. The van der Waals surface area contributed by atoms with Crippen molar-refractivity contribution in [1.29, 1.82) is 0 Å². The Hall–Kier alpha value is -1.13. The first-order valence-electron chi connectivity index (χ1n) is 7.89. The number of carbonyl (C=O) groups is 1. The minimum Gasteiger partial charge on any atom is -0.480 e. The summed E-state index contributed by atoms with van der Waals surface area (Å²) in [6, 6.07) is 3.14. The average molecular weight is 328 g/mol. The van der Waals surface area contributed by atoms with Gasteiger partial charge in [-0.25, -0.2) is 4.39 Å². The van der Waals surface area contributed by atoms with Gasteiger partial charge in [0.2, 0.25) is 0 Å². The monoisotopic (exact) mass is 327 g/mol. The molecule has 1 saturated heterocycles. The van der Waals surface area contributed by atoms with E-state index in [9.17, 15) is 14.3 Å². The molecule has 0 saturated carbocycles. The molecule has 0 spiro atoms. The molecule has 122 valence electrons. The van der Waals surface area contributed by atoms with E-state index in [1.165, 1.54) is 18.2 Å². The van der Waals surface area contributed by atoms with Crippen molar-refractivity contribution in [3.8, 4) is 0 Å². The molecule has 1 heterocycles. The molecule has 0 radical (unpaired) electrons. The molecule has 0 amide bonds. The van der Waals surface area contributed by atoms with Crippen molar-refractivity contribution in [3.05, 3.63) is 34.6 Å². The van der Waals surface area contributed by atoms with Crippen molar-refractivity contribution in [1.82, 2.24) is 4.90 Å². The molecule has 2 rings (SSSR count). The quantitative estimate of drug-likeness (QED) is 0.843. The number of likely N-dealkylation sites (tertiary alicyclic amines) is 1. The SMILES string of the molecule is CCC(CC)C1CCN(C(C(=O)O)c2ccc(F)cc2Cl)C1. The lowest BCUT2D eigenvalue weighted by atomic mass is 9.87. The summed E-state index contributed by atoms with van der Waals surface area (Å²) >= 11 is 6.07. The summed E-state index contributed by atoms with van der Waals surface area (Å²) in [4.78, 5) is 13.7. The van der Waals surface area contributed by atoms with Crippen molar-refractivity contribution in [2.24, 2.45) is 11.8 Å². The summed E-state index contributed by atoms with van der Waals surface area (Å²) in [5.41, 5.74) is 0.473. The highest BCUT2D eigenvalue weighted by Gasteiger charge is 2.36. The highest BCUT2D eigenvalue weighted by molar-refractivity contribution is 6.31. The molecule has 2 atom stereocenters. The molecule has 22 heavy (non-hydrogen) atoms. The molecule has 0 aliphatic carbocycles. The highest BCUT2D eigenvalue weighted by atomic mass is 35.5. The number of nitrogens with zero attached hydrogens (tertiary/aromatic N) is 1. The second-order valence-corrected chi connectivity index (χ2v) is 6.43. The van der Waals surface area contributed by atoms with Crippen LogP contribution in [0.5, 0.6) is 0 Å². The van der Waals surface area contributed by atoms with E-state index in [0.717, 1.165) is 32.4 Å². The fraction of sp³-hybridized carbons (Fsp3) is 0.588. The van der Waals surface area contributed by atoms with Crippen LogP contribution >= 0.6 is 11.6 Å². The molecule has 3 nitrogen and oxygen atoms in total. The summed E-state index contributed by atoms with van der Waals surface area (Å²) < 4.78 is 13.2. The molecule has 5 heteroatoms. The number of halogens is 2. The molecular formula is C17H23ClFNO2. The van der Waals surface area contributed by atoms with Crippen molar-refractivity contribution >= 4 is 17.6 Å². The fourth-order valence-corrected chi connectivity index (χ4v) is 3.87. The Kier molecular flexibility index (Phi) is 5.81. The smallest absolute Gasteiger partial charge is 0.325 e. The van der Waals surface area contributed by atoms with Crippen LogP contribution in [0, 0.1) is 17.7 Å². The summed E-state index contributed by atoms with van der Waals surface area (Å²) in [7, 11) is 0. The lowest BCUT2D eigenvalue weighted by Gasteiger charge is -2.27. The van der Waals surface area contributed by atoms with Crippen LogP contribution in [-0.2, 0) is 4.79 Å². The molecule has 0 bridgehead atoms. The topological polar surface area (TPSA) is 40.5 Å². The van der Waals surface area contributed by atoms with Gasteiger partial charge in [0.1, 0.15) is 11.9 Å². The standard InChI is InChI=1S/C17H23ClFNO2/c1-3-11(4-2)12-7-8-20(10-12)16(17(21)22)14-6-5-13(19)9-15(14)18/h5-6,9,11-12,16H,3-4,7-8,10H2,1-2H3,(H,21,22). The van der Waals surface area contributed by atoms with Crippen molar-refractivity contribution in [2.75, 3.05) is 13.1 Å². The number of rotatable bonds is 6. The van der Waals surface area contributed by atoms with E-state index < -0.39 is 17.8 Å². The summed E-state index contributed by atoms with van der Waals surface area (Å²) in [5.74, 6) is -0.230. The zero-order valence-corrected chi connectivity index (χ0v) is 13.8. The molecule has 1 aliphatic heterocycles. The van der Waals surface area contributed by atoms with E-state index in [-0.39, 0.29) is 5.02 Å². The van der Waals surface area contributed by atoms with Gasteiger partial charge in [0, 0.05) is 11.6 Å². The Balaban J connectivity index is 2.21. The molecule has 1 N–H and O–H groups in total. The van der Waals surface area contributed by atoms with E-state index in [4.69, 9.17) is 11.6 Å². The number of hydrogen-bond donors (Lipinski definition) is 1. The van der Waals surface area contributed by atoms with Crippen LogP contribution in [0.4, 0.5) is 4.39 Å². The van der Waals surface area contributed by atoms with E-state index >= 15 is 0 Å². The minimum atomic E-state index is -0.932. The number of benzene rings is 1.